The van der Waals surface area contributed by atoms with Gasteiger partial charge in [-0.2, -0.15) is 13.2 Å². The van der Waals surface area contributed by atoms with E-state index in [1.807, 2.05) is 27.7 Å². The second-order valence-electron chi connectivity index (χ2n) is 8.94. The van der Waals surface area contributed by atoms with Gasteiger partial charge in [0.25, 0.3) is 0 Å². The summed E-state index contributed by atoms with van der Waals surface area (Å²) < 4.78 is 57.4. The van der Waals surface area contributed by atoms with E-state index in [2.05, 4.69) is 0 Å². The molecule has 0 bridgehead atoms. The van der Waals surface area contributed by atoms with E-state index in [0.717, 1.165) is 17.0 Å². The van der Waals surface area contributed by atoms with Gasteiger partial charge in [0.2, 0.25) is 0 Å². The summed E-state index contributed by atoms with van der Waals surface area (Å²) in [6.07, 6.45) is -5.35. The van der Waals surface area contributed by atoms with Gasteiger partial charge < -0.3 is 14.0 Å². The zero-order chi connectivity index (χ0) is 21.7. The molecule has 0 aliphatic carbocycles. The Balaban J connectivity index is 2.46. The van der Waals surface area contributed by atoms with E-state index in [-0.39, 0.29) is 11.2 Å². The minimum atomic E-state index is -4.59. The molecule has 0 radical (unpaired) electrons. The highest BCUT2D eigenvalue weighted by Gasteiger charge is 2.52. The molecule has 0 atom stereocenters. The zero-order valence-corrected chi connectivity index (χ0v) is 17.5. The Morgan fingerprint density at radius 3 is 1.96 bits per heavy atom. The summed E-state index contributed by atoms with van der Waals surface area (Å²) in [5.41, 5.74) is -2.87. The molecule has 9 heteroatoms. The molecule has 0 saturated carbocycles. The lowest BCUT2D eigenvalue weighted by Crippen LogP contribution is -2.41. The second kappa shape index (κ2) is 6.95. The number of carbonyl (C=O) groups excluding carboxylic acids is 1. The molecular formula is C19H27BF3NO4. The number of halogens is 3. The average molecular weight is 401 g/mol. The van der Waals surface area contributed by atoms with E-state index < -0.39 is 41.8 Å². The predicted octanol–water partition coefficient (Wildman–Crippen LogP) is 4.38. The standard InChI is InChI=1S/C19H27BF3NO4/c1-16(2,3)26-15(25)24(8)14-10-12(19(21,22)23)9-13(11-14)20-27-17(4,5)18(6,7)28-20/h9-11H,1-8H3. The van der Waals surface area contributed by atoms with Crippen LogP contribution in [-0.4, -0.2) is 37.1 Å². The summed E-state index contributed by atoms with van der Waals surface area (Å²) >= 11 is 0. The Labute approximate surface area is 164 Å². The molecule has 0 N–H and O–H groups in total. The van der Waals surface area contributed by atoms with Crippen molar-refractivity contribution >= 4 is 24.4 Å². The van der Waals surface area contributed by atoms with Crippen LogP contribution in [0.2, 0.25) is 0 Å². The SMILES string of the molecule is CN(C(=O)OC(C)(C)C)c1cc(B2OC(C)(C)C(C)(C)O2)cc(C(F)(F)F)c1. The molecule has 1 heterocycles. The van der Waals surface area contributed by atoms with Crippen LogP contribution < -0.4 is 10.4 Å². The van der Waals surface area contributed by atoms with Gasteiger partial charge in [-0.3, -0.25) is 4.90 Å². The van der Waals surface area contributed by atoms with Gasteiger partial charge >= 0.3 is 19.4 Å². The minimum Gasteiger partial charge on any atom is -0.443 e. The summed E-state index contributed by atoms with van der Waals surface area (Å²) in [4.78, 5) is 13.4. The highest BCUT2D eigenvalue weighted by molar-refractivity contribution is 6.62. The molecule has 0 aromatic heterocycles. The van der Waals surface area contributed by atoms with E-state index in [1.165, 1.54) is 13.1 Å². The van der Waals surface area contributed by atoms with E-state index in [0.29, 0.717) is 0 Å². The van der Waals surface area contributed by atoms with E-state index in [4.69, 9.17) is 14.0 Å². The van der Waals surface area contributed by atoms with Crippen molar-refractivity contribution < 1.29 is 32.0 Å². The molecule has 28 heavy (non-hydrogen) atoms. The average Bonchev–Trinajstić information content (AvgIpc) is 2.71. The molecule has 1 aromatic carbocycles. The lowest BCUT2D eigenvalue weighted by molar-refractivity contribution is -0.137. The summed E-state index contributed by atoms with van der Waals surface area (Å²) in [6, 6.07) is 3.33. The number of alkyl halides is 3. The Kier molecular flexibility index (Phi) is 5.60. The van der Waals surface area contributed by atoms with Crippen molar-refractivity contribution in [2.24, 2.45) is 0 Å². The maximum atomic E-state index is 13.5. The normalized spacial score (nSPS) is 18.9. The maximum absolute atomic E-state index is 13.5. The number of carbonyl (C=O) groups is 1. The summed E-state index contributed by atoms with van der Waals surface area (Å²) in [7, 11) is 0.371. The van der Waals surface area contributed by atoms with Gasteiger partial charge in [0, 0.05) is 12.7 Å². The smallest absolute Gasteiger partial charge is 0.443 e. The highest BCUT2D eigenvalue weighted by Crippen LogP contribution is 2.38. The number of nitrogens with zero attached hydrogens (tertiary/aromatic N) is 1. The fraction of sp³-hybridized carbons (Fsp3) is 0.632. The third-order valence-electron chi connectivity index (χ3n) is 4.85. The van der Waals surface area contributed by atoms with E-state index in [1.54, 1.807) is 20.8 Å². The lowest BCUT2D eigenvalue weighted by atomic mass is 9.78. The van der Waals surface area contributed by atoms with Crippen LogP contribution >= 0.6 is 0 Å². The Morgan fingerprint density at radius 1 is 1.04 bits per heavy atom. The highest BCUT2D eigenvalue weighted by atomic mass is 19.4. The van der Waals surface area contributed by atoms with Gasteiger partial charge in [-0.25, -0.2) is 4.79 Å². The zero-order valence-electron chi connectivity index (χ0n) is 17.5. The van der Waals surface area contributed by atoms with Crippen molar-refractivity contribution in [1.29, 1.82) is 0 Å². The van der Waals surface area contributed by atoms with Crippen molar-refractivity contribution in [3.63, 3.8) is 0 Å². The lowest BCUT2D eigenvalue weighted by Gasteiger charge is -2.32. The minimum absolute atomic E-state index is 0.0359. The molecule has 1 aliphatic rings. The van der Waals surface area contributed by atoms with E-state index in [9.17, 15) is 18.0 Å². The number of anilines is 1. The maximum Gasteiger partial charge on any atom is 0.494 e. The van der Waals surface area contributed by atoms with Crippen LogP contribution in [0.3, 0.4) is 0 Å². The molecule has 1 amide bonds. The monoisotopic (exact) mass is 401 g/mol. The third-order valence-corrected chi connectivity index (χ3v) is 4.85. The molecule has 0 unspecified atom stereocenters. The quantitative estimate of drug-likeness (QED) is 0.691. The summed E-state index contributed by atoms with van der Waals surface area (Å²) in [5, 5.41) is 0. The van der Waals surface area contributed by atoms with Crippen molar-refractivity contribution in [3.05, 3.63) is 23.8 Å². The molecule has 1 aromatic rings. The fourth-order valence-electron chi connectivity index (χ4n) is 2.54. The van der Waals surface area contributed by atoms with Crippen molar-refractivity contribution in [2.75, 3.05) is 11.9 Å². The summed E-state index contributed by atoms with van der Waals surface area (Å²) in [5.74, 6) is 0. The van der Waals surface area contributed by atoms with Crippen LogP contribution in [-0.2, 0) is 20.2 Å². The molecular weight excluding hydrogens is 374 g/mol. The van der Waals surface area contributed by atoms with E-state index >= 15 is 0 Å². The largest absolute Gasteiger partial charge is 0.494 e. The molecule has 1 fully saturated rings. The van der Waals surface area contributed by atoms with Crippen molar-refractivity contribution in [2.45, 2.75) is 71.4 Å². The van der Waals surface area contributed by atoms with Gasteiger partial charge in [-0.05, 0) is 66.1 Å². The third kappa shape index (κ3) is 4.81. The van der Waals surface area contributed by atoms with Gasteiger partial charge in [0.1, 0.15) is 5.60 Å². The number of hydrogen-bond donors (Lipinski definition) is 0. The molecule has 1 aliphatic heterocycles. The molecule has 156 valence electrons. The van der Waals surface area contributed by atoms with Gasteiger partial charge in [-0.15, -0.1) is 0 Å². The van der Waals surface area contributed by atoms with Crippen LogP contribution in [0.1, 0.15) is 54.0 Å². The van der Waals surface area contributed by atoms with Crippen molar-refractivity contribution in [3.8, 4) is 0 Å². The van der Waals surface area contributed by atoms with Crippen LogP contribution in [0, 0.1) is 0 Å². The van der Waals surface area contributed by atoms with Crippen LogP contribution in [0.5, 0.6) is 0 Å². The molecule has 0 spiro atoms. The Bertz CT molecular complexity index is 741. The van der Waals surface area contributed by atoms with Gasteiger partial charge in [-0.1, -0.05) is 6.07 Å². The number of rotatable bonds is 2. The first-order chi connectivity index (χ1) is 12.4. The molecule has 1 saturated heterocycles. The topological polar surface area (TPSA) is 48.0 Å². The number of benzene rings is 1. The first kappa shape index (κ1) is 22.6. The van der Waals surface area contributed by atoms with Crippen LogP contribution in [0.15, 0.2) is 18.2 Å². The molecule has 5 nitrogen and oxygen atoms in total. The number of amides is 1. The van der Waals surface area contributed by atoms with Crippen molar-refractivity contribution in [1.82, 2.24) is 0 Å². The Morgan fingerprint density at radius 2 is 1.54 bits per heavy atom. The second-order valence-corrected chi connectivity index (χ2v) is 8.94. The van der Waals surface area contributed by atoms with Gasteiger partial charge in [0.05, 0.1) is 16.8 Å². The summed E-state index contributed by atoms with van der Waals surface area (Å²) in [6.45, 7) is 12.3. The number of hydrogen-bond acceptors (Lipinski definition) is 4. The number of ether oxygens (including phenoxy) is 1. The Hall–Kier alpha value is -1.74. The predicted molar refractivity (Wildman–Crippen MR) is 102 cm³/mol. The first-order valence-corrected chi connectivity index (χ1v) is 8.97. The fourth-order valence-corrected chi connectivity index (χ4v) is 2.54. The van der Waals surface area contributed by atoms with Gasteiger partial charge in [0.15, 0.2) is 0 Å². The molecule has 2 rings (SSSR count). The van der Waals surface area contributed by atoms with Crippen LogP contribution in [0.25, 0.3) is 0 Å². The van der Waals surface area contributed by atoms with Crippen LogP contribution in [0.4, 0.5) is 23.7 Å². The first-order valence-electron chi connectivity index (χ1n) is 8.97.